The van der Waals surface area contributed by atoms with Crippen molar-refractivity contribution in [1.82, 2.24) is 15.5 Å². The Morgan fingerprint density at radius 3 is 2.42 bits per heavy atom. The van der Waals surface area contributed by atoms with Crippen LogP contribution in [0, 0.1) is 0 Å². The van der Waals surface area contributed by atoms with Crippen LogP contribution in [0.4, 0.5) is 4.79 Å². The van der Waals surface area contributed by atoms with Crippen molar-refractivity contribution in [3.8, 4) is 11.5 Å². The quantitative estimate of drug-likeness (QED) is 0.599. The molecule has 1 saturated heterocycles. The molecule has 0 aliphatic carbocycles. The lowest BCUT2D eigenvalue weighted by Gasteiger charge is -2.24. The second kappa shape index (κ2) is 11.2. The monoisotopic (exact) mass is 427 g/mol. The molecule has 0 aromatic heterocycles. The van der Waals surface area contributed by atoms with Gasteiger partial charge < -0.3 is 29.7 Å². The average molecular weight is 428 g/mol. The Morgan fingerprint density at radius 1 is 1.00 bits per heavy atom. The van der Waals surface area contributed by atoms with Crippen molar-refractivity contribution in [2.45, 2.75) is 25.1 Å². The normalized spacial score (nSPS) is 17.8. The van der Waals surface area contributed by atoms with Gasteiger partial charge in [-0.05, 0) is 29.8 Å². The largest absolute Gasteiger partial charge is 0.497 e. The minimum atomic E-state index is -0.610. The molecule has 3 rings (SSSR count). The van der Waals surface area contributed by atoms with E-state index in [1.54, 1.807) is 19.1 Å². The van der Waals surface area contributed by atoms with E-state index in [9.17, 15) is 9.59 Å². The molecule has 0 radical (unpaired) electrons. The zero-order valence-electron chi connectivity index (χ0n) is 17.9. The molecular weight excluding hydrogens is 398 g/mol. The van der Waals surface area contributed by atoms with Crippen LogP contribution in [0.5, 0.6) is 11.5 Å². The number of nitrogens with zero attached hydrogens (tertiary/aromatic N) is 1. The number of rotatable bonds is 9. The van der Waals surface area contributed by atoms with E-state index < -0.39 is 6.04 Å². The fourth-order valence-corrected chi connectivity index (χ4v) is 3.46. The van der Waals surface area contributed by atoms with Crippen LogP contribution in [0.3, 0.4) is 0 Å². The summed E-state index contributed by atoms with van der Waals surface area (Å²) >= 11 is 0. The molecule has 0 saturated carbocycles. The fourth-order valence-electron chi connectivity index (χ4n) is 3.46. The highest BCUT2D eigenvalue weighted by Gasteiger charge is 2.40. The van der Waals surface area contributed by atoms with Gasteiger partial charge >= 0.3 is 6.03 Å². The Hall–Kier alpha value is -3.26. The Bertz CT molecular complexity index is 844. The van der Waals surface area contributed by atoms with Crippen LogP contribution in [0.2, 0.25) is 0 Å². The predicted octanol–water partition coefficient (Wildman–Crippen LogP) is 2.19. The summed E-state index contributed by atoms with van der Waals surface area (Å²) in [5.74, 6) is 1.26. The van der Waals surface area contributed by atoms with Crippen LogP contribution < -0.4 is 20.1 Å². The van der Waals surface area contributed by atoms with Gasteiger partial charge in [0.2, 0.25) is 5.91 Å². The van der Waals surface area contributed by atoms with Crippen molar-refractivity contribution in [2.24, 2.45) is 0 Å². The van der Waals surface area contributed by atoms with Crippen LogP contribution in [0.1, 0.15) is 12.0 Å². The number of hydrogen-bond acceptors (Lipinski definition) is 5. The van der Waals surface area contributed by atoms with Crippen LogP contribution in [-0.4, -0.2) is 62.9 Å². The molecule has 2 atom stereocenters. The van der Waals surface area contributed by atoms with E-state index in [0.717, 1.165) is 11.3 Å². The molecule has 166 valence electrons. The van der Waals surface area contributed by atoms with Crippen molar-refractivity contribution >= 4 is 11.9 Å². The highest BCUT2D eigenvalue weighted by atomic mass is 16.5. The second-order valence-electron chi connectivity index (χ2n) is 7.25. The van der Waals surface area contributed by atoms with Crippen molar-refractivity contribution in [2.75, 3.05) is 33.9 Å². The Morgan fingerprint density at radius 2 is 1.74 bits per heavy atom. The summed E-state index contributed by atoms with van der Waals surface area (Å²) in [5.41, 5.74) is 0.937. The standard InChI is InChI=1S/C23H29N3O5/c1-29-13-12-24-22(27)21-14-20(31-19-6-4-3-5-7-19)16-26(21)23(28)25-15-17-8-10-18(30-2)11-9-17/h3-11,20-21H,12-16H2,1-2H3,(H,24,27)(H,25,28)/t20-,21+/m0/s1. The van der Waals surface area contributed by atoms with Gasteiger partial charge in [0.1, 0.15) is 23.6 Å². The van der Waals surface area contributed by atoms with Crippen molar-refractivity contribution in [1.29, 1.82) is 0 Å². The first-order valence-corrected chi connectivity index (χ1v) is 10.3. The molecule has 3 amide bonds. The number of nitrogens with one attached hydrogen (secondary N) is 2. The molecule has 31 heavy (non-hydrogen) atoms. The molecule has 1 aliphatic rings. The van der Waals surface area contributed by atoms with E-state index in [4.69, 9.17) is 14.2 Å². The van der Waals surface area contributed by atoms with Gasteiger partial charge in [0.05, 0.1) is 20.3 Å². The van der Waals surface area contributed by atoms with Crippen molar-refractivity contribution in [3.05, 3.63) is 60.2 Å². The highest BCUT2D eigenvalue weighted by Crippen LogP contribution is 2.23. The SMILES string of the molecule is COCCNC(=O)[C@H]1C[C@H](Oc2ccccc2)CN1C(=O)NCc1ccc(OC)cc1. The first kappa shape index (κ1) is 22.4. The number of benzene rings is 2. The van der Waals surface area contributed by atoms with Crippen LogP contribution in [0.25, 0.3) is 0 Å². The van der Waals surface area contributed by atoms with E-state index in [0.29, 0.717) is 38.4 Å². The van der Waals surface area contributed by atoms with E-state index in [1.807, 2.05) is 54.6 Å². The lowest BCUT2D eigenvalue weighted by molar-refractivity contribution is -0.124. The van der Waals surface area contributed by atoms with E-state index in [2.05, 4.69) is 10.6 Å². The number of likely N-dealkylation sites (tertiary alicyclic amines) is 1. The second-order valence-corrected chi connectivity index (χ2v) is 7.25. The van der Waals surface area contributed by atoms with Crippen LogP contribution >= 0.6 is 0 Å². The van der Waals surface area contributed by atoms with Gasteiger partial charge in [0.15, 0.2) is 0 Å². The molecule has 1 aliphatic heterocycles. The maximum absolute atomic E-state index is 12.9. The highest BCUT2D eigenvalue weighted by molar-refractivity contribution is 5.87. The smallest absolute Gasteiger partial charge is 0.318 e. The van der Waals surface area contributed by atoms with Gasteiger partial charge in [0, 0.05) is 26.6 Å². The number of hydrogen-bond donors (Lipinski definition) is 2. The maximum atomic E-state index is 12.9. The summed E-state index contributed by atoms with van der Waals surface area (Å²) in [6.07, 6.45) is 0.149. The summed E-state index contributed by atoms with van der Waals surface area (Å²) in [4.78, 5) is 27.2. The van der Waals surface area contributed by atoms with Crippen LogP contribution in [-0.2, 0) is 16.1 Å². The van der Waals surface area contributed by atoms with Gasteiger partial charge in [-0.3, -0.25) is 4.79 Å². The summed E-state index contributed by atoms with van der Waals surface area (Å²) in [7, 11) is 3.18. The number of carbonyl (C=O) groups is 2. The topological polar surface area (TPSA) is 89.1 Å². The summed E-state index contributed by atoms with van der Waals surface area (Å²) in [5, 5.41) is 5.73. The van der Waals surface area contributed by atoms with E-state index in [-0.39, 0.29) is 18.0 Å². The Balaban J connectivity index is 1.63. The number of amides is 3. The minimum Gasteiger partial charge on any atom is -0.497 e. The van der Waals surface area contributed by atoms with Crippen LogP contribution in [0.15, 0.2) is 54.6 Å². The lowest BCUT2D eigenvalue weighted by Crippen LogP contribution is -2.49. The molecule has 2 N–H and O–H groups in total. The minimum absolute atomic E-state index is 0.212. The van der Waals surface area contributed by atoms with Gasteiger partial charge in [-0.1, -0.05) is 30.3 Å². The molecule has 0 spiro atoms. The number of carbonyl (C=O) groups excluding carboxylic acids is 2. The maximum Gasteiger partial charge on any atom is 0.318 e. The molecule has 8 nitrogen and oxygen atoms in total. The lowest BCUT2D eigenvalue weighted by atomic mass is 10.2. The molecule has 1 fully saturated rings. The van der Waals surface area contributed by atoms with E-state index >= 15 is 0 Å². The van der Waals surface area contributed by atoms with Gasteiger partial charge in [-0.2, -0.15) is 0 Å². The number of urea groups is 1. The third-order valence-electron chi connectivity index (χ3n) is 5.08. The number of para-hydroxylation sites is 1. The number of ether oxygens (including phenoxy) is 3. The first-order chi connectivity index (χ1) is 15.1. The summed E-state index contributed by atoms with van der Waals surface area (Å²) in [6, 6.07) is 16.0. The zero-order chi connectivity index (χ0) is 22.1. The molecule has 8 heteroatoms. The summed E-state index contributed by atoms with van der Waals surface area (Å²) < 4.78 is 16.2. The number of methoxy groups -OCH3 is 2. The Kier molecular flexibility index (Phi) is 8.12. The fraction of sp³-hybridized carbons (Fsp3) is 0.391. The van der Waals surface area contributed by atoms with Gasteiger partial charge in [-0.25, -0.2) is 4.79 Å². The molecule has 2 aromatic carbocycles. The molecule has 0 unspecified atom stereocenters. The Labute approximate surface area is 182 Å². The molecule has 1 heterocycles. The third-order valence-corrected chi connectivity index (χ3v) is 5.08. The summed E-state index contributed by atoms with van der Waals surface area (Å²) in [6.45, 7) is 1.47. The first-order valence-electron chi connectivity index (χ1n) is 10.3. The van der Waals surface area contributed by atoms with Gasteiger partial charge in [0.25, 0.3) is 0 Å². The third kappa shape index (κ3) is 6.36. The average Bonchev–Trinajstić information content (AvgIpc) is 3.22. The molecular formula is C23H29N3O5. The predicted molar refractivity (Wildman–Crippen MR) is 116 cm³/mol. The molecule has 2 aromatic rings. The van der Waals surface area contributed by atoms with E-state index in [1.165, 1.54) is 0 Å². The molecule has 0 bridgehead atoms. The van der Waals surface area contributed by atoms with Crippen molar-refractivity contribution in [3.63, 3.8) is 0 Å². The zero-order valence-corrected chi connectivity index (χ0v) is 17.9. The van der Waals surface area contributed by atoms with Crippen molar-refractivity contribution < 1.29 is 23.8 Å². The van der Waals surface area contributed by atoms with Gasteiger partial charge in [-0.15, -0.1) is 0 Å².